The van der Waals surface area contributed by atoms with E-state index in [1.54, 1.807) is 38.5 Å². The van der Waals surface area contributed by atoms with Gasteiger partial charge in [0.1, 0.15) is 0 Å². The van der Waals surface area contributed by atoms with Crippen molar-refractivity contribution in [3.05, 3.63) is 0 Å². The number of hydrogen-bond acceptors (Lipinski definition) is 1. The normalized spacial score (nSPS) is 47.7. The standard InChI is InChI=1S/C27H49N/c1-19(18-28)8-7-9-20(2)23-13-14-24-22-12-11-21-10-5-6-16-26(21,3)25(22)15-17-27(23,24)4/h19-25H,5-18,28H2,1-4H3/t19?,20-,21?,22+,23-,24+,25+,26+,27-/m1/s1. The lowest BCUT2D eigenvalue weighted by Crippen LogP contribution is -2.53. The van der Waals surface area contributed by atoms with Gasteiger partial charge in [-0.3, -0.25) is 0 Å². The van der Waals surface area contributed by atoms with Crippen LogP contribution in [0.25, 0.3) is 0 Å². The van der Waals surface area contributed by atoms with Crippen LogP contribution in [0.5, 0.6) is 0 Å². The van der Waals surface area contributed by atoms with Gasteiger partial charge in [0.2, 0.25) is 0 Å². The van der Waals surface area contributed by atoms with Gasteiger partial charge in [-0.2, -0.15) is 0 Å². The van der Waals surface area contributed by atoms with E-state index in [9.17, 15) is 0 Å². The highest BCUT2D eigenvalue weighted by molar-refractivity contribution is 5.09. The second kappa shape index (κ2) is 8.24. The molecule has 1 nitrogen and oxygen atoms in total. The third-order valence-corrected chi connectivity index (χ3v) is 11.1. The molecule has 0 aliphatic heterocycles. The second-order valence-electron chi connectivity index (χ2n) is 12.4. The van der Waals surface area contributed by atoms with Crippen LogP contribution in [0.2, 0.25) is 0 Å². The van der Waals surface area contributed by atoms with E-state index in [1.165, 1.54) is 44.9 Å². The predicted molar refractivity (Wildman–Crippen MR) is 121 cm³/mol. The van der Waals surface area contributed by atoms with Crippen LogP contribution in [0.3, 0.4) is 0 Å². The van der Waals surface area contributed by atoms with E-state index in [-0.39, 0.29) is 0 Å². The summed E-state index contributed by atoms with van der Waals surface area (Å²) >= 11 is 0. The first-order valence-electron chi connectivity index (χ1n) is 13.1. The SMILES string of the molecule is CC(CN)CCC[C@@H](C)[C@H]1CC[C@H]2[C@@H]3CCC4CCCC[C@]4(C)[C@H]3CC[C@]12C. The molecule has 28 heavy (non-hydrogen) atoms. The minimum atomic E-state index is 0.651. The van der Waals surface area contributed by atoms with E-state index in [0.717, 1.165) is 42.1 Å². The summed E-state index contributed by atoms with van der Waals surface area (Å²) in [5.41, 5.74) is 7.19. The van der Waals surface area contributed by atoms with Crippen molar-refractivity contribution in [3.63, 3.8) is 0 Å². The zero-order valence-electron chi connectivity index (χ0n) is 19.5. The molecule has 4 fully saturated rings. The summed E-state index contributed by atoms with van der Waals surface area (Å²) in [7, 11) is 0. The maximum absolute atomic E-state index is 5.84. The van der Waals surface area contributed by atoms with Crippen molar-refractivity contribution in [2.75, 3.05) is 6.54 Å². The number of hydrogen-bond donors (Lipinski definition) is 1. The van der Waals surface area contributed by atoms with Gasteiger partial charge in [0.25, 0.3) is 0 Å². The Morgan fingerprint density at radius 1 is 0.821 bits per heavy atom. The first-order chi connectivity index (χ1) is 13.4. The van der Waals surface area contributed by atoms with Crippen LogP contribution in [0.15, 0.2) is 0 Å². The van der Waals surface area contributed by atoms with Crippen LogP contribution in [0.4, 0.5) is 0 Å². The van der Waals surface area contributed by atoms with Gasteiger partial charge in [0, 0.05) is 0 Å². The van der Waals surface area contributed by atoms with Gasteiger partial charge in [-0.05, 0) is 117 Å². The Bertz CT molecular complexity index is 528. The number of fused-ring (bicyclic) bond motifs is 5. The molecule has 0 amide bonds. The zero-order chi connectivity index (χ0) is 19.9. The Kier molecular flexibility index (Phi) is 6.24. The Morgan fingerprint density at radius 2 is 1.61 bits per heavy atom. The fourth-order valence-electron chi connectivity index (χ4n) is 9.38. The van der Waals surface area contributed by atoms with Crippen LogP contribution in [0, 0.1) is 52.3 Å². The molecule has 1 heteroatoms. The molecule has 0 aromatic rings. The summed E-state index contributed by atoms with van der Waals surface area (Å²) in [4.78, 5) is 0. The average Bonchev–Trinajstić information content (AvgIpc) is 3.04. The molecule has 162 valence electrons. The lowest BCUT2D eigenvalue weighted by molar-refractivity contribution is -0.114. The van der Waals surface area contributed by atoms with Crippen LogP contribution in [-0.4, -0.2) is 6.54 Å². The third-order valence-electron chi connectivity index (χ3n) is 11.1. The van der Waals surface area contributed by atoms with E-state index in [4.69, 9.17) is 5.73 Å². The smallest absolute Gasteiger partial charge is 0.00515 e. The van der Waals surface area contributed by atoms with Crippen molar-refractivity contribution in [2.24, 2.45) is 58.0 Å². The Balaban J connectivity index is 1.43. The lowest BCUT2D eigenvalue weighted by atomic mass is 9.44. The van der Waals surface area contributed by atoms with Crippen LogP contribution >= 0.6 is 0 Å². The van der Waals surface area contributed by atoms with E-state index in [0.29, 0.717) is 16.7 Å². The Labute approximate surface area is 176 Å². The molecule has 0 heterocycles. The van der Waals surface area contributed by atoms with E-state index >= 15 is 0 Å². The van der Waals surface area contributed by atoms with E-state index in [2.05, 4.69) is 27.7 Å². The Hall–Kier alpha value is -0.0400. The fourth-order valence-corrected chi connectivity index (χ4v) is 9.38. The predicted octanol–water partition coefficient (Wildman–Crippen LogP) is 7.44. The van der Waals surface area contributed by atoms with Gasteiger partial charge in [-0.25, -0.2) is 0 Å². The summed E-state index contributed by atoms with van der Waals surface area (Å²) in [5.74, 6) is 6.84. The van der Waals surface area contributed by atoms with Crippen LogP contribution in [0.1, 0.15) is 111 Å². The summed E-state index contributed by atoms with van der Waals surface area (Å²) < 4.78 is 0. The van der Waals surface area contributed by atoms with E-state index in [1.807, 2.05) is 0 Å². The molecule has 0 saturated heterocycles. The van der Waals surface area contributed by atoms with Crippen LogP contribution in [-0.2, 0) is 0 Å². The summed E-state index contributed by atoms with van der Waals surface area (Å²) in [6.07, 6.45) is 19.6. The van der Waals surface area contributed by atoms with Crippen molar-refractivity contribution in [1.82, 2.24) is 0 Å². The molecule has 9 atom stereocenters. The highest BCUT2D eigenvalue weighted by Gasteiger charge is 2.59. The molecule has 2 unspecified atom stereocenters. The fraction of sp³-hybridized carbons (Fsp3) is 1.00. The molecule has 0 aromatic heterocycles. The third kappa shape index (κ3) is 3.50. The van der Waals surface area contributed by atoms with Gasteiger partial charge >= 0.3 is 0 Å². The molecule has 0 bridgehead atoms. The lowest BCUT2D eigenvalue weighted by Gasteiger charge is -2.61. The first kappa shape index (κ1) is 21.2. The minimum absolute atomic E-state index is 0.651. The van der Waals surface area contributed by atoms with Crippen LogP contribution < -0.4 is 5.73 Å². The maximum atomic E-state index is 5.84. The largest absolute Gasteiger partial charge is 0.330 e. The van der Waals surface area contributed by atoms with Gasteiger partial charge in [-0.15, -0.1) is 0 Å². The molecule has 4 rings (SSSR count). The van der Waals surface area contributed by atoms with Gasteiger partial charge < -0.3 is 5.73 Å². The van der Waals surface area contributed by atoms with E-state index < -0.39 is 0 Å². The molecule has 4 saturated carbocycles. The second-order valence-corrected chi connectivity index (χ2v) is 12.4. The molecular weight excluding hydrogens is 338 g/mol. The van der Waals surface area contributed by atoms with Crippen molar-refractivity contribution in [2.45, 2.75) is 111 Å². The average molecular weight is 388 g/mol. The molecule has 4 aliphatic rings. The zero-order valence-corrected chi connectivity index (χ0v) is 19.5. The summed E-state index contributed by atoms with van der Waals surface area (Å²) in [5, 5.41) is 0. The van der Waals surface area contributed by atoms with Gasteiger partial charge in [-0.1, -0.05) is 53.4 Å². The van der Waals surface area contributed by atoms with Crippen molar-refractivity contribution < 1.29 is 0 Å². The molecule has 2 N–H and O–H groups in total. The summed E-state index contributed by atoms with van der Waals surface area (Å²) in [6.45, 7) is 11.2. The highest BCUT2D eigenvalue weighted by atomic mass is 14.6. The highest BCUT2D eigenvalue weighted by Crippen LogP contribution is 2.68. The monoisotopic (exact) mass is 387 g/mol. The molecule has 4 aliphatic carbocycles. The molecule has 0 aromatic carbocycles. The Morgan fingerprint density at radius 3 is 2.39 bits per heavy atom. The quantitative estimate of drug-likeness (QED) is 0.503. The van der Waals surface area contributed by atoms with Gasteiger partial charge in [0.05, 0.1) is 0 Å². The number of nitrogens with two attached hydrogens (primary N) is 1. The number of rotatable bonds is 6. The van der Waals surface area contributed by atoms with Crippen molar-refractivity contribution >= 4 is 0 Å². The molecular formula is C27H49N. The maximum Gasteiger partial charge on any atom is -0.00515 e. The topological polar surface area (TPSA) is 26.0 Å². The minimum Gasteiger partial charge on any atom is -0.330 e. The molecule has 0 radical (unpaired) electrons. The van der Waals surface area contributed by atoms with Crippen molar-refractivity contribution in [3.8, 4) is 0 Å². The molecule has 0 spiro atoms. The summed E-state index contributed by atoms with van der Waals surface area (Å²) in [6, 6.07) is 0. The first-order valence-corrected chi connectivity index (χ1v) is 13.1. The van der Waals surface area contributed by atoms with Crippen molar-refractivity contribution in [1.29, 1.82) is 0 Å². The van der Waals surface area contributed by atoms with Gasteiger partial charge in [0.15, 0.2) is 0 Å².